The van der Waals surface area contributed by atoms with Crippen LogP contribution in [0.25, 0.3) is 11.4 Å². The molecule has 8 heteroatoms. The molecule has 1 aromatic carbocycles. The van der Waals surface area contributed by atoms with Gasteiger partial charge in [-0.1, -0.05) is 5.16 Å². The van der Waals surface area contributed by atoms with Gasteiger partial charge < -0.3 is 14.2 Å². The van der Waals surface area contributed by atoms with E-state index in [1.165, 1.54) is 0 Å². The summed E-state index contributed by atoms with van der Waals surface area (Å²) in [6, 6.07) is 13.4. The molecule has 28 heavy (non-hydrogen) atoms. The van der Waals surface area contributed by atoms with Gasteiger partial charge in [-0.3, -0.25) is 4.90 Å². The molecule has 8 nitrogen and oxygen atoms in total. The summed E-state index contributed by atoms with van der Waals surface area (Å²) in [5.41, 5.74) is 1.47. The Morgan fingerprint density at radius 2 is 1.89 bits per heavy atom. The third-order valence-corrected chi connectivity index (χ3v) is 4.75. The van der Waals surface area contributed by atoms with Gasteiger partial charge in [0.05, 0.1) is 19.2 Å². The van der Waals surface area contributed by atoms with Gasteiger partial charge in [0.25, 0.3) is 0 Å². The van der Waals surface area contributed by atoms with Gasteiger partial charge in [-0.25, -0.2) is 4.98 Å². The topological polar surface area (TPSA) is 91.3 Å². The molecule has 1 fully saturated rings. The van der Waals surface area contributed by atoms with Crippen LogP contribution in [0.2, 0.25) is 0 Å². The Morgan fingerprint density at radius 3 is 2.54 bits per heavy atom. The van der Waals surface area contributed by atoms with Crippen LogP contribution in [0.3, 0.4) is 0 Å². The van der Waals surface area contributed by atoms with Crippen molar-refractivity contribution in [2.45, 2.75) is 6.54 Å². The van der Waals surface area contributed by atoms with Crippen LogP contribution in [0.4, 0.5) is 5.82 Å². The Balaban J connectivity index is 1.33. The van der Waals surface area contributed by atoms with Crippen LogP contribution >= 0.6 is 0 Å². The Morgan fingerprint density at radius 1 is 1.11 bits per heavy atom. The Bertz CT molecular complexity index is 954. The van der Waals surface area contributed by atoms with E-state index in [0.717, 1.165) is 43.3 Å². The van der Waals surface area contributed by atoms with E-state index < -0.39 is 0 Å². The average molecular weight is 376 g/mol. The second-order valence-corrected chi connectivity index (χ2v) is 6.52. The van der Waals surface area contributed by atoms with Crippen molar-refractivity contribution in [3.63, 3.8) is 0 Å². The lowest BCUT2D eigenvalue weighted by molar-refractivity contribution is 0.215. The number of nitriles is 1. The van der Waals surface area contributed by atoms with Crippen molar-refractivity contribution in [2.75, 3.05) is 38.2 Å². The van der Waals surface area contributed by atoms with E-state index in [1.54, 1.807) is 19.4 Å². The van der Waals surface area contributed by atoms with E-state index in [0.29, 0.717) is 23.8 Å². The monoisotopic (exact) mass is 376 g/mol. The van der Waals surface area contributed by atoms with Crippen molar-refractivity contribution in [3.05, 3.63) is 54.0 Å². The number of hydrogen-bond acceptors (Lipinski definition) is 8. The number of pyridine rings is 1. The number of anilines is 1. The highest BCUT2D eigenvalue weighted by Gasteiger charge is 2.20. The Hall–Kier alpha value is -3.44. The molecule has 2 aromatic heterocycles. The average Bonchev–Trinajstić information content (AvgIpc) is 3.23. The lowest BCUT2D eigenvalue weighted by atomic mass is 10.2. The van der Waals surface area contributed by atoms with Gasteiger partial charge in [-0.2, -0.15) is 10.2 Å². The molecule has 1 saturated heterocycles. The zero-order valence-corrected chi connectivity index (χ0v) is 15.6. The number of rotatable bonds is 5. The predicted octanol–water partition coefficient (Wildman–Crippen LogP) is 2.33. The number of nitrogens with zero attached hydrogens (tertiary/aromatic N) is 6. The summed E-state index contributed by atoms with van der Waals surface area (Å²) in [4.78, 5) is 13.4. The van der Waals surface area contributed by atoms with Gasteiger partial charge in [-0.05, 0) is 36.4 Å². The van der Waals surface area contributed by atoms with Crippen LogP contribution in [-0.4, -0.2) is 53.3 Å². The molecule has 0 radical (unpaired) electrons. The van der Waals surface area contributed by atoms with E-state index in [2.05, 4.69) is 31.0 Å². The number of aromatic nitrogens is 3. The molecule has 0 amide bonds. The molecule has 0 aliphatic carbocycles. The zero-order chi connectivity index (χ0) is 19.3. The Labute approximate surface area is 163 Å². The highest BCUT2D eigenvalue weighted by molar-refractivity contribution is 5.55. The molecule has 0 N–H and O–H groups in total. The predicted molar refractivity (Wildman–Crippen MR) is 103 cm³/mol. The van der Waals surface area contributed by atoms with Crippen molar-refractivity contribution in [2.24, 2.45) is 0 Å². The van der Waals surface area contributed by atoms with E-state index in [1.807, 2.05) is 30.3 Å². The molecule has 0 atom stereocenters. The van der Waals surface area contributed by atoms with Gasteiger partial charge in [0, 0.05) is 37.9 Å². The summed E-state index contributed by atoms with van der Waals surface area (Å²) in [6.45, 7) is 4.10. The molecule has 0 saturated carbocycles. The molecule has 3 heterocycles. The van der Waals surface area contributed by atoms with Crippen LogP contribution in [0.15, 0.2) is 47.1 Å². The molecule has 1 aliphatic heterocycles. The lowest BCUT2D eigenvalue weighted by Crippen LogP contribution is -2.46. The number of hydrogen-bond donors (Lipinski definition) is 0. The van der Waals surface area contributed by atoms with Gasteiger partial charge in [0.15, 0.2) is 0 Å². The summed E-state index contributed by atoms with van der Waals surface area (Å²) < 4.78 is 10.6. The van der Waals surface area contributed by atoms with Gasteiger partial charge in [-0.15, -0.1) is 0 Å². The minimum atomic E-state index is 0.575. The molecule has 1 aliphatic rings. The molecular formula is C20H20N6O2. The van der Waals surface area contributed by atoms with Crippen molar-refractivity contribution >= 4 is 5.82 Å². The van der Waals surface area contributed by atoms with Crippen molar-refractivity contribution in [1.82, 2.24) is 20.0 Å². The summed E-state index contributed by atoms with van der Waals surface area (Å²) >= 11 is 0. The van der Waals surface area contributed by atoms with E-state index in [4.69, 9.17) is 14.5 Å². The maximum absolute atomic E-state index is 8.88. The third-order valence-electron chi connectivity index (χ3n) is 4.75. The van der Waals surface area contributed by atoms with Crippen molar-refractivity contribution in [1.29, 1.82) is 5.26 Å². The minimum Gasteiger partial charge on any atom is -0.497 e. The van der Waals surface area contributed by atoms with E-state index in [-0.39, 0.29) is 0 Å². The number of benzene rings is 1. The van der Waals surface area contributed by atoms with Crippen LogP contribution in [0.1, 0.15) is 11.5 Å². The highest BCUT2D eigenvalue weighted by Crippen LogP contribution is 2.20. The minimum absolute atomic E-state index is 0.575. The Kier molecular flexibility index (Phi) is 5.17. The first-order valence-electron chi connectivity index (χ1n) is 9.05. The highest BCUT2D eigenvalue weighted by atomic mass is 16.5. The fraction of sp³-hybridized carbons (Fsp3) is 0.300. The summed E-state index contributed by atoms with van der Waals surface area (Å²) in [5, 5.41) is 13.0. The quantitative estimate of drug-likeness (QED) is 0.670. The van der Waals surface area contributed by atoms with Crippen molar-refractivity contribution < 1.29 is 9.26 Å². The van der Waals surface area contributed by atoms with Crippen LogP contribution in [-0.2, 0) is 6.54 Å². The lowest BCUT2D eigenvalue weighted by Gasteiger charge is -2.34. The molecule has 3 aromatic rings. The number of methoxy groups -OCH3 is 1. The third kappa shape index (κ3) is 3.94. The SMILES string of the molecule is COc1ccc(-c2noc(CN3CCN(c4ccc(C#N)cn4)CC3)n2)cc1. The largest absolute Gasteiger partial charge is 0.497 e. The van der Waals surface area contributed by atoms with Crippen LogP contribution in [0.5, 0.6) is 5.75 Å². The van der Waals surface area contributed by atoms with Crippen LogP contribution < -0.4 is 9.64 Å². The first-order valence-corrected chi connectivity index (χ1v) is 9.05. The maximum Gasteiger partial charge on any atom is 0.241 e. The van der Waals surface area contributed by atoms with Crippen LogP contribution in [0, 0.1) is 11.3 Å². The second kappa shape index (κ2) is 8.06. The van der Waals surface area contributed by atoms with E-state index in [9.17, 15) is 0 Å². The molecule has 4 rings (SSSR count). The molecule has 0 spiro atoms. The maximum atomic E-state index is 8.88. The smallest absolute Gasteiger partial charge is 0.241 e. The number of ether oxygens (including phenoxy) is 1. The summed E-state index contributed by atoms with van der Waals surface area (Å²) in [7, 11) is 1.64. The molecule has 0 unspecified atom stereocenters. The molecule has 0 bridgehead atoms. The standard InChI is InChI=1S/C20H20N6O2/c1-27-17-5-3-16(4-6-17)20-23-19(28-24-20)14-25-8-10-26(11-9-25)18-7-2-15(12-21)13-22-18/h2-7,13H,8-11,14H2,1H3. The van der Waals surface area contributed by atoms with Gasteiger partial charge in [0.1, 0.15) is 17.6 Å². The first kappa shape index (κ1) is 17.9. The van der Waals surface area contributed by atoms with E-state index >= 15 is 0 Å². The normalized spacial score (nSPS) is 14.6. The molecule has 142 valence electrons. The van der Waals surface area contributed by atoms with Gasteiger partial charge in [0.2, 0.25) is 11.7 Å². The summed E-state index contributed by atoms with van der Waals surface area (Å²) in [5.74, 6) is 2.88. The van der Waals surface area contributed by atoms with Crippen molar-refractivity contribution in [3.8, 4) is 23.2 Å². The number of piperazine rings is 1. The van der Waals surface area contributed by atoms with Gasteiger partial charge >= 0.3 is 0 Å². The fourth-order valence-corrected chi connectivity index (χ4v) is 3.14. The first-order chi connectivity index (χ1) is 13.7. The fourth-order valence-electron chi connectivity index (χ4n) is 3.14. The summed E-state index contributed by atoms with van der Waals surface area (Å²) in [6.07, 6.45) is 1.61. The molecular weight excluding hydrogens is 356 g/mol. The zero-order valence-electron chi connectivity index (χ0n) is 15.6. The second-order valence-electron chi connectivity index (χ2n) is 6.52.